The van der Waals surface area contributed by atoms with Crippen molar-refractivity contribution >= 4 is 25.1 Å². The van der Waals surface area contributed by atoms with Gasteiger partial charge in [0.2, 0.25) is 0 Å². The molecule has 0 aromatic rings. The van der Waals surface area contributed by atoms with Gasteiger partial charge in [0.15, 0.2) is 0 Å². The molecule has 8 heteroatoms. The number of carbonyl (C=O) groups is 1. The summed E-state index contributed by atoms with van der Waals surface area (Å²) in [5.74, 6) is 2.16. The van der Waals surface area contributed by atoms with Gasteiger partial charge in [-0.05, 0) is 37.9 Å². The van der Waals surface area contributed by atoms with Crippen LogP contribution in [0.4, 0.5) is 4.79 Å². The lowest BCUT2D eigenvalue weighted by Crippen LogP contribution is -2.25. The number of thioether (sulfide) groups is 1. The number of hydrogen-bond acceptors (Lipinski definition) is 5. The van der Waals surface area contributed by atoms with Crippen molar-refractivity contribution in [2.24, 2.45) is 5.92 Å². The Hall–Kier alpha value is -0.0700. The second-order valence-electron chi connectivity index (χ2n) is 9.53. The molecule has 1 saturated carbocycles. The summed E-state index contributed by atoms with van der Waals surface area (Å²) in [7, 11) is -4.55. The Labute approximate surface area is 206 Å². The van der Waals surface area contributed by atoms with Gasteiger partial charge in [0.1, 0.15) is 0 Å². The van der Waals surface area contributed by atoms with Crippen LogP contribution in [0.25, 0.3) is 0 Å². The molecule has 0 bridgehead atoms. The Balaban J connectivity index is 2.26. The van der Waals surface area contributed by atoms with Crippen LogP contribution in [0.3, 0.4) is 0 Å². The van der Waals surface area contributed by atoms with E-state index in [1.165, 1.54) is 95.6 Å². The summed E-state index contributed by atoms with van der Waals surface area (Å²) in [6.07, 6.45) is 20.6. The van der Waals surface area contributed by atoms with E-state index < -0.39 is 13.3 Å². The molecule has 196 valence electrons. The Morgan fingerprint density at radius 2 is 1.70 bits per heavy atom. The summed E-state index contributed by atoms with van der Waals surface area (Å²) >= 11 is 2.03. The first-order valence-electron chi connectivity index (χ1n) is 13.3. The predicted octanol–water partition coefficient (Wildman–Crippen LogP) is 8.26. The monoisotopic (exact) mass is 508 g/mol. The Kier molecular flexibility index (Phi) is 18.0. The van der Waals surface area contributed by atoms with E-state index >= 15 is 0 Å². The lowest BCUT2D eigenvalue weighted by Gasteiger charge is -2.24. The maximum absolute atomic E-state index is 11.3. The fourth-order valence-corrected chi connectivity index (χ4v) is 6.35. The molecular weight excluding hydrogens is 459 g/mol. The van der Waals surface area contributed by atoms with E-state index in [0.29, 0.717) is 18.3 Å². The highest BCUT2D eigenvalue weighted by Gasteiger charge is 2.29. The zero-order chi connectivity index (χ0) is 24.4. The van der Waals surface area contributed by atoms with Crippen LogP contribution in [0.2, 0.25) is 0 Å². The van der Waals surface area contributed by atoms with Gasteiger partial charge in [-0.2, -0.15) is 11.8 Å². The van der Waals surface area contributed by atoms with E-state index in [1.807, 2.05) is 11.8 Å². The van der Waals surface area contributed by atoms with Crippen LogP contribution < -0.4 is 0 Å². The third-order valence-electron chi connectivity index (χ3n) is 6.61. The third-order valence-corrected chi connectivity index (χ3v) is 9.19. The summed E-state index contributed by atoms with van der Waals surface area (Å²) in [5.41, 5.74) is -1.81. The highest BCUT2D eigenvalue weighted by atomic mass is 32.2. The molecule has 0 aromatic carbocycles. The zero-order valence-corrected chi connectivity index (χ0v) is 22.8. The van der Waals surface area contributed by atoms with Crippen LogP contribution in [0.5, 0.6) is 0 Å². The van der Waals surface area contributed by atoms with Crippen molar-refractivity contribution in [2.75, 3.05) is 19.0 Å². The summed E-state index contributed by atoms with van der Waals surface area (Å²) in [4.78, 5) is 19.8. The molecule has 0 heterocycles. The molecule has 1 aliphatic rings. The van der Waals surface area contributed by atoms with Crippen LogP contribution in [-0.4, -0.2) is 46.0 Å². The quantitative estimate of drug-likeness (QED) is 0.119. The van der Waals surface area contributed by atoms with E-state index in [-0.39, 0.29) is 12.7 Å². The van der Waals surface area contributed by atoms with E-state index in [4.69, 9.17) is 14.7 Å². The number of hydrogen-bond donors (Lipinski definition) is 2. The normalized spacial score (nSPS) is 18.6. The smallest absolute Gasteiger partial charge is 0.435 e. The summed E-state index contributed by atoms with van der Waals surface area (Å²) < 4.78 is 21.9. The largest absolute Gasteiger partial charge is 0.472 e. The van der Waals surface area contributed by atoms with E-state index in [2.05, 4.69) is 18.4 Å². The average Bonchev–Trinajstić information content (AvgIpc) is 2.79. The molecule has 3 atom stereocenters. The molecule has 1 unspecified atom stereocenters. The molecule has 0 aliphatic heterocycles. The van der Waals surface area contributed by atoms with Crippen LogP contribution >= 0.6 is 19.4 Å². The van der Waals surface area contributed by atoms with Crippen LogP contribution in [-0.2, 0) is 13.8 Å². The predicted molar refractivity (Wildman–Crippen MR) is 138 cm³/mol. The second kappa shape index (κ2) is 19.2. The number of unbranched alkanes of at least 4 members (excludes halogenated alkanes) is 6. The average molecular weight is 509 g/mol. The number of ether oxygens (including phenoxy) is 1. The Morgan fingerprint density at radius 1 is 1.00 bits per heavy atom. The minimum atomic E-state index is -4.55. The first kappa shape index (κ1) is 31.0. The van der Waals surface area contributed by atoms with Gasteiger partial charge >= 0.3 is 13.3 Å². The fourth-order valence-electron chi connectivity index (χ4n) is 4.50. The van der Waals surface area contributed by atoms with Gasteiger partial charge < -0.3 is 19.3 Å². The molecule has 2 N–H and O–H groups in total. The first-order chi connectivity index (χ1) is 15.9. The van der Waals surface area contributed by atoms with Gasteiger partial charge in [0.05, 0.1) is 12.7 Å². The molecular formula is C25H49O6PS. The van der Waals surface area contributed by atoms with Gasteiger partial charge in [-0.1, -0.05) is 90.4 Å². The number of carboxylic acid groups (broad SMARTS) is 1. The van der Waals surface area contributed by atoms with Crippen molar-refractivity contribution in [2.45, 2.75) is 128 Å². The highest BCUT2D eigenvalue weighted by molar-refractivity contribution is 7.99. The van der Waals surface area contributed by atoms with E-state index in [9.17, 15) is 9.36 Å². The Bertz CT molecular complexity index is 541. The van der Waals surface area contributed by atoms with Gasteiger partial charge in [-0.25, -0.2) is 9.36 Å². The first-order valence-corrected chi connectivity index (χ1v) is 15.9. The molecule has 0 spiro atoms. The van der Waals surface area contributed by atoms with Crippen molar-refractivity contribution in [3.05, 3.63) is 0 Å². The molecule has 0 radical (unpaired) electrons. The SMILES string of the molecule is CCCCCCC[C@@H](SCCCCCC1CCCCC1)[C@H](C)OCCCOP(=O)(O)C(=O)O. The zero-order valence-electron chi connectivity index (χ0n) is 21.0. The standard InChI is InChI=1S/C25H49O6PS/c1-3-4-5-6-12-18-24(22(2)30-19-14-20-31-32(28,29)25(26)27)33-21-13-8-11-17-23-15-9-7-10-16-23/h22-24H,3-21H2,1-2H3,(H,26,27)(H,28,29)/t22-,24+/m0/s1. The molecule has 1 rings (SSSR count). The van der Waals surface area contributed by atoms with Gasteiger partial charge in [-0.15, -0.1) is 0 Å². The molecule has 1 aliphatic carbocycles. The maximum Gasteiger partial charge on any atom is 0.435 e. The lowest BCUT2D eigenvalue weighted by molar-refractivity contribution is 0.0537. The fraction of sp³-hybridized carbons (Fsp3) is 0.960. The number of rotatable bonds is 21. The van der Waals surface area contributed by atoms with Crippen molar-refractivity contribution in [1.82, 2.24) is 0 Å². The minimum Gasteiger partial charge on any atom is -0.472 e. The third kappa shape index (κ3) is 15.5. The summed E-state index contributed by atoms with van der Waals surface area (Å²) in [5, 5.41) is 9.08. The molecule has 0 saturated heterocycles. The van der Waals surface area contributed by atoms with Crippen LogP contribution in [0.15, 0.2) is 0 Å². The topological polar surface area (TPSA) is 93.1 Å². The summed E-state index contributed by atoms with van der Waals surface area (Å²) in [6.45, 7) is 4.65. The molecule has 0 amide bonds. The maximum atomic E-state index is 11.3. The molecule has 33 heavy (non-hydrogen) atoms. The van der Waals surface area contributed by atoms with Crippen LogP contribution in [0.1, 0.15) is 117 Å². The van der Waals surface area contributed by atoms with Crippen molar-refractivity contribution in [1.29, 1.82) is 0 Å². The van der Waals surface area contributed by atoms with Crippen molar-refractivity contribution in [3.63, 3.8) is 0 Å². The van der Waals surface area contributed by atoms with Gasteiger partial charge in [0, 0.05) is 11.9 Å². The van der Waals surface area contributed by atoms with E-state index in [1.54, 1.807) is 0 Å². The van der Waals surface area contributed by atoms with Crippen molar-refractivity contribution in [3.8, 4) is 0 Å². The Morgan fingerprint density at radius 3 is 2.39 bits per heavy atom. The van der Waals surface area contributed by atoms with Crippen LogP contribution in [0, 0.1) is 5.92 Å². The molecule has 0 aromatic heterocycles. The lowest BCUT2D eigenvalue weighted by atomic mass is 9.86. The molecule has 6 nitrogen and oxygen atoms in total. The van der Waals surface area contributed by atoms with Gasteiger partial charge in [-0.3, -0.25) is 0 Å². The second-order valence-corrected chi connectivity index (χ2v) is 12.6. The molecule has 1 fully saturated rings. The van der Waals surface area contributed by atoms with E-state index in [0.717, 1.165) is 12.3 Å². The highest BCUT2D eigenvalue weighted by Crippen LogP contribution is 2.42. The van der Waals surface area contributed by atoms with Crippen molar-refractivity contribution < 1.29 is 28.6 Å². The van der Waals surface area contributed by atoms with Gasteiger partial charge in [0.25, 0.3) is 0 Å². The minimum absolute atomic E-state index is 0.0946. The summed E-state index contributed by atoms with van der Waals surface area (Å²) in [6, 6.07) is 0.